The van der Waals surface area contributed by atoms with Gasteiger partial charge in [0.05, 0.1) is 0 Å². The second-order valence-corrected chi connectivity index (χ2v) is 7.34. The fraction of sp³-hybridized carbons (Fsp3) is 0.350. The Morgan fingerprint density at radius 1 is 1.16 bits per heavy atom. The topological polar surface area (TPSA) is 38.3 Å². The van der Waals surface area contributed by atoms with Crippen molar-refractivity contribution in [3.63, 3.8) is 0 Å². The molecule has 0 aromatic heterocycles. The van der Waals surface area contributed by atoms with Crippen LogP contribution in [-0.4, -0.2) is 24.3 Å². The highest BCUT2D eigenvalue weighted by molar-refractivity contribution is 7.98. The molecule has 0 radical (unpaired) electrons. The minimum Gasteiger partial charge on any atom is -0.481 e. The molecule has 3 nitrogen and oxygen atoms in total. The summed E-state index contributed by atoms with van der Waals surface area (Å²) in [6.07, 6.45) is 0.182. The second kappa shape index (κ2) is 10.4. The number of thioether (sulfide) groups is 1. The van der Waals surface area contributed by atoms with Crippen LogP contribution in [0.15, 0.2) is 48.5 Å². The van der Waals surface area contributed by atoms with E-state index in [4.69, 9.17) is 16.3 Å². The lowest BCUT2D eigenvalue weighted by Crippen LogP contribution is -2.39. The predicted octanol–water partition coefficient (Wildman–Crippen LogP) is 4.86. The molecule has 0 aliphatic heterocycles. The standard InChI is InChI=1S/C20H24ClNO2S/c1-3-19(24-18-10-4-15(2)5-11-18)20(23)22-12-13-25-14-16-6-8-17(21)9-7-16/h4-11,19H,3,12-14H2,1-2H3,(H,22,23)/t19-/m1/s1. The summed E-state index contributed by atoms with van der Waals surface area (Å²) in [6, 6.07) is 15.6. The molecule has 2 aromatic rings. The molecular formula is C20H24ClNO2S. The van der Waals surface area contributed by atoms with Gasteiger partial charge in [0.1, 0.15) is 5.75 Å². The Morgan fingerprint density at radius 3 is 2.48 bits per heavy atom. The summed E-state index contributed by atoms with van der Waals surface area (Å²) in [5.74, 6) is 2.43. The van der Waals surface area contributed by atoms with Crippen molar-refractivity contribution >= 4 is 29.3 Å². The van der Waals surface area contributed by atoms with Crippen molar-refractivity contribution in [3.8, 4) is 5.75 Å². The van der Waals surface area contributed by atoms with Crippen molar-refractivity contribution in [1.82, 2.24) is 5.32 Å². The van der Waals surface area contributed by atoms with E-state index in [1.54, 1.807) is 11.8 Å². The van der Waals surface area contributed by atoms with Crippen LogP contribution >= 0.6 is 23.4 Å². The van der Waals surface area contributed by atoms with Crippen molar-refractivity contribution < 1.29 is 9.53 Å². The fourth-order valence-electron chi connectivity index (χ4n) is 2.23. The van der Waals surface area contributed by atoms with Gasteiger partial charge in [0.2, 0.25) is 0 Å². The molecule has 0 aliphatic carbocycles. The first-order chi connectivity index (χ1) is 12.1. The maximum Gasteiger partial charge on any atom is 0.261 e. The highest BCUT2D eigenvalue weighted by Crippen LogP contribution is 2.16. The molecule has 0 heterocycles. The van der Waals surface area contributed by atoms with Crippen molar-refractivity contribution in [2.24, 2.45) is 0 Å². The molecule has 25 heavy (non-hydrogen) atoms. The summed E-state index contributed by atoms with van der Waals surface area (Å²) in [7, 11) is 0. The van der Waals surface area contributed by atoms with Crippen molar-refractivity contribution in [1.29, 1.82) is 0 Å². The number of halogens is 1. The molecule has 0 bridgehead atoms. The maximum atomic E-state index is 12.3. The van der Waals surface area contributed by atoms with Crippen LogP contribution in [0, 0.1) is 6.92 Å². The molecule has 0 spiro atoms. The molecule has 0 aliphatic rings. The molecule has 0 unspecified atom stereocenters. The Balaban J connectivity index is 1.68. The van der Waals surface area contributed by atoms with E-state index < -0.39 is 6.10 Å². The Bertz CT molecular complexity index is 658. The zero-order valence-corrected chi connectivity index (χ0v) is 16.2. The number of hydrogen-bond donors (Lipinski definition) is 1. The number of amides is 1. The SMILES string of the molecule is CC[C@@H](Oc1ccc(C)cc1)C(=O)NCCSCc1ccc(Cl)cc1. The predicted molar refractivity (Wildman–Crippen MR) is 107 cm³/mol. The number of carbonyl (C=O) groups is 1. The zero-order valence-electron chi connectivity index (χ0n) is 14.6. The van der Waals surface area contributed by atoms with E-state index in [0.29, 0.717) is 13.0 Å². The van der Waals surface area contributed by atoms with Gasteiger partial charge in [-0.3, -0.25) is 4.79 Å². The maximum absolute atomic E-state index is 12.3. The van der Waals surface area contributed by atoms with Gasteiger partial charge in [0.25, 0.3) is 5.91 Å². The normalized spacial score (nSPS) is 11.8. The van der Waals surface area contributed by atoms with Gasteiger partial charge in [-0.05, 0) is 43.2 Å². The van der Waals surface area contributed by atoms with E-state index in [1.165, 1.54) is 11.1 Å². The van der Waals surface area contributed by atoms with Crippen molar-refractivity contribution in [2.75, 3.05) is 12.3 Å². The number of ether oxygens (including phenoxy) is 1. The van der Waals surface area contributed by atoms with Crippen LogP contribution in [0.1, 0.15) is 24.5 Å². The van der Waals surface area contributed by atoms with Gasteiger partial charge in [0, 0.05) is 23.1 Å². The molecular weight excluding hydrogens is 354 g/mol. The number of rotatable bonds is 9. The average Bonchev–Trinajstić information content (AvgIpc) is 2.62. The highest BCUT2D eigenvalue weighted by Gasteiger charge is 2.17. The molecule has 0 saturated heterocycles. The van der Waals surface area contributed by atoms with Gasteiger partial charge < -0.3 is 10.1 Å². The molecule has 1 N–H and O–H groups in total. The molecule has 134 valence electrons. The van der Waals surface area contributed by atoms with E-state index in [-0.39, 0.29) is 5.91 Å². The number of aryl methyl sites for hydroxylation is 1. The summed E-state index contributed by atoms with van der Waals surface area (Å²) >= 11 is 7.65. The fourth-order valence-corrected chi connectivity index (χ4v) is 3.18. The van der Waals surface area contributed by atoms with E-state index in [1.807, 2.05) is 62.4 Å². The Labute approximate surface area is 159 Å². The molecule has 2 aromatic carbocycles. The Hall–Kier alpha value is -1.65. The van der Waals surface area contributed by atoms with Crippen molar-refractivity contribution in [2.45, 2.75) is 32.1 Å². The van der Waals surface area contributed by atoms with Gasteiger partial charge in [0.15, 0.2) is 6.10 Å². The highest BCUT2D eigenvalue weighted by atomic mass is 35.5. The van der Waals surface area contributed by atoms with Gasteiger partial charge in [-0.25, -0.2) is 0 Å². The van der Waals surface area contributed by atoms with E-state index in [9.17, 15) is 4.79 Å². The monoisotopic (exact) mass is 377 g/mol. The Morgan fingerprint density at radius 2 is 1.84 bits per heavy atom. The molecule has 0 fully saturated rings. The van der Waals surface area contributed by atoms with Crippen LogP contribution < -0.4 is 10.1 Å². The zero-order chi connectivity index (χ0) is 18.1. The molecule has 2 rings (SSSR count). The largest absolute Gasteiger partial charge is 0.481 e. The third-order valence-electron chi connectivity index (χ3n) is 3.69. The number of carbonyl (C=O) groups excluding carboxylic acids is 1. The van der Waals surface area contributed by atoms with E-state index in [0.717, 1.165) is 22.3 Å². The van der Waals surface area contributed by atoms with Gasteiger partial charge in [-0.15, -0.1) is 0 Å². The number of benzene rings is 2. The number of hydrogen-bond acceptors (Lipinski definition) is 3. The summed E-state index contributed by atoms with van der Waals surface area (Å²) in [5.41, 5.74) is 2.40. The van der Waals surface area contributed by atoms with Gasteiger partial charge in [-0.2, -0.15) is 11.8 Å². The average molecular weight is 378 g/mol. The van der Waals surface area contributed by atoms with Gasteiger partial charge >= 0.3 is 0 Å². The second-order valence-electron chi connectivity index (χ2n) is 5.80. The van der Waals surface area contributed by atoms with Crippen LogP contribution in [0.4, 0.5) is 0 Å². The first-order valence-corrected chi connectivity index (χ1v) is 9.95. The summed E-state index contributed by atoms with van der Waals surface area (Å²) in [5, 5.41) is 3.70. The molecule has 5 heteroatoms. The summed E-state index contributed by atoms with van der Waals surface area (Å²) in [4.78, 5) is 12.3. The quantitative estimate of drug-likeness (QED) is 0.634. The van der Waals surface area contributed by atoms with Gasteiger partial charge in [-0.1, -0.05) is 48.4 Å². The minimum absolute atomic E-state index is 0.0600. The lowest BCUT2D eigenvalue weighted by Gasteiger charge is -2.17. The van der Waals surface area contributed by atoms with Crippen LogP contribution in [-0.2, 0) is 10.5 Å². The first kappa shape index (κ1) is 19.7. The minimum atomic E-state index is -0.455. The van der Waals surface area contributed by atoms with Crippen LogP contribution in [0.2, 0.25) is 5.02 Å². The number of nitrogens with one attached hydrogen (secondary N) is 1. The summed E-state index contributed by atoms with van der Waals surface area (Å²) in [6.45, 7) is 4.61. The van der Waals surface area contributed by atoms with Crippen LogP contribution in [0.25, 0.3) is 0 Å². The Kier molecular flexibility index (Phi) is 8.16. The van der Waals surface area contributed by atoms with Crippen LogP contribution in [0.3, 0.4) is 0 Å². The lowest BCUT2D eigenvalue weighted by molar-refractivity contribution is -0.127. The lowest BCUT2D eigenvalue weighted by atomic mass is 10.2. The summed E-state index contributed by atoms with van der Waals surface area (Å²) < 4.78 is 5.79. The van der Waals surface area contributed by atoms with Crippen molar-refractivity contribution in [3.05, 3.63) is 64.7 Å². The first-order valence-electron chi connectivity index (χ1n) is 8.41. The van der Waals surface area contributed by atoms with E-state index in [2.05, 4.69) is 5.32 Å². The smallest absolute Gasteiger partial charge is 0.261 e. The van der Waals surface area contributed by atoms with E-state index >= 15 is 0 Å². The molecule has 1 amide bonds. The third-order valence-corrected chi connectivity index (χ3v) is 4.97. The van der Waals surface area contributed by atoms with Crippen LogP contribution in [0.5, 0.6) is 5.75 Å². The molecule has 1 atom stereocenters. The molecule has 0 saturated carbocycles. The third kappa shape index (κ3) is 7.00.